The molecule has 0 aromatic heterocycles. The summed E-state index contributed by atoms with van der Waals surface area (Å²) in [6.07, 6.45) is 8.82. The Morgan fingerprint density at radius 2 is 1.69 bits per heavy atom. The number of ether oxygens (including phenoxy) is 2. The summed E-state index contributed by atoms with van der Waals surface area (Å²) in [7, 11) is 0. The molecule has 0 bridgehead atoms. The first-order valence-corrected chi connectivity index (χ1v) is 12.6. The van der Waals surface area contributed by atoms with E-state index in [4.69, 9.17) is 14.6 Å². The molecule has 0 atom stereocenters. The summed E-state index contributed by atoms with van der Waals surface area (Å²) in [6.45, 7) is 9.11. The van der Waals surface area contributed by atoms with Crippen molar-refractivity contribution in [3.63, 3.8) is 0 Å². The van der Waals surface area contributed by atoms with Gasteiger partial charge in [-0.3, -0.25) is 0 Å². The standard InChI is InChI=1S/C26H44N2O4/c1-3-27(19-20-29)18-10-5-6-11-21-31-25-16-14-24(15-17-25)28(4-2)26(30)32-22-23-12-8-7-9-13-23/h7-9,12-13,24-25,29H,3-6,10-11,14-22H2,1-2H3. The zero-order valence-corrected chi connectivity index (χ0v) is 20.2. The number of nitrogens with zero attached hydrogens (tertiary/aromatic N) is 2. The molecule has 1 aliphatic rings. The highest BCUT2D eigenvalue weighted by Crippen LogP contribution is 2.26. The van der Waals surface area contributed by atoms with Crippen LogP contribution in [0.25, 0.3) is 0 Å². The van der Waals surface area contributed by atoms with Gasteiger partial charge in [-0.25, -0.2) is 4.79 Å². The van der Waals surface area contributed by atoms with E-state index in [0.717, 1.165) is 63.9 Å². The number of carbonyl (C=O) groups excluding carboxylic acids is 1. The molecule has 1 fully saturated rings. The molecule has 0 spiro atoms. The molecule has 0 radical (unpaired) electrons. The van der Waals surface area contributed by atoms with Crippen molar-refractivity contribution in [1.82, 2.24) is 9.80 Å². The minimum absolute atomic E-state index is 0.207. The summed E-state index contributed by atoms with van der Waals surface area (Å²) < 4.78 is 11.7. The fraction of sp³-hybridized carbons (Fsp3) is 0.731. The SMILES string of the molecule is CCN(CCO)CCCCCCOC1CCC(N(CC)C(=O)OCc2ccccc2)CC1. The molecule has 1 N–H and O–H groups in total. The summed E-state index contributed by atoms with van der Waals surface area (Å²) in [6, 6.07) is 10.1. The first-order chi connectivity index (χ1) is 15.7. The van der Waals surface area contributed by atoms with Gasteiger partial charge in [0.1, 0.15) is 6.61 Å². The second-order valence-electron chi connectivity index (χ2n) is 8.70. The van der Waals surface area contributed by atoms with Gasteiger partial charge in [0.25, 0.3) is 0 Å². The lowest BCUT2D eigenvalue weighted by Crippen LogP contribution is -2.43. The highest BCUT2D eigenvalue weighted by molar-refractivity contribution is 5.68. The van der Waals surface area contributed by atoms with Crippen LogP contribution >= 0.6 is 0 Å². The van der Waals surface area contributed by atoms with Gasteiger partial charge in [0.15, 0.2) is 0 Å². The predicted molar refractivity (Wildman–Crippen MR) is 129 cm³/mol. The van der Waals surface area contributed by atoms with Crippen LogP contribution in [0.5, 0.6) is 0 Å². The van der Waals surface area contributed by atoms with E-state index >= 15 is 0 Å². The minimum Gasteiger partial charge on any atom is -0.445 e. The van der Waals surface area contributed by atoms with E-state index in [1.807, 2.05) is 42.2 Å². The number of carbonyl (C=O) groups is 1. The second kappa shape index (κ2) is 16.1. The molecule has 0 saturated heterocycles. The molecular formula is C26H44N2O4. The van der Waals surface area contributed by atoms with Crippen LogP contribution in [0.15, 0.2) is 30.3 Å². The molecule has 6 heteroatoms. The Balaban J connectivity index is 1.56. The average molecular weight is 449 g/mol. The Kier molecular flexibility index (Phi) is 13.4. The molecule has 1 aliphatic carbocycles. The number of hydrogen-bond acceptors (Lipinski definition) is 5. The molecule has 182 valence electrons. The number of hydrogen-bond donors (Lipinski definition) is 1. The largest absolute Gasteiger partial charge is 0.445 e. The van der Waals surface area contributed by atoms with Gasteiger partial charge in [0.2, 0.25) is 0 Å². The number of likely N-dealkylation sites (N-methyl/N-ethyl adjacent to an activating group) is 1. The maximum Gasteiger partial charge on any atom is 0.410 e. The second-order valence-corrected chi connectivity index (χ2v) is 8.70. The van der Waals surface area contributed by atoms with Gasteiger partial charge in [0, 0.05) is 25.7 Å². The first-order valence-electron chi connectivity index (χ1n) is 12.6. The van der Waals surface area contributed by atoms with Crippen molar-refractivity contribution in [1.29, 1.82) is 0 Å². The van der Waals surface area contributed by atoms with Crippen molar-refractivity contribution in [2.75, 3.05) is 39.4 Å². The summed E-state index contributed by atoms with van der Waals surface area (Å²) in [5, 5.41) is 9.04. The number of rotatable bonds is 15. The number of aliphatic hydroxyl groups is 1. The summed E-state index contributed by atoms with van der Waals surface area (Å²) in [4.78, 5) is 16.8. The number of benzene rings is 1. The fourth-order valence-corrected chi connectivity index (χ4v) is 4.47. The molecule has 1 saturated carbocycles. The van der Waals surface area contributed by atoms with E-state index < -0.39 is 0 Å². The van der Waals surface area contributed by atoms with E-state index in [1.54, 1.807) is 0 Å². The average Bonchev–Trinajstić information content (AvgIpc) is 2.83. The molecule has 0 aliphatic heterocycles. The zero-order chi connectivity index (χ0) is 23.0. The lowest BCUT2D eigenvalue weighted by atomic mass is 9.92. The van der Waals surface area contributed by atoms with Gasteiger partial charge in [-0.2, -0.15) is 0 Å². The van der Waals surface area contributed by atoms with Crippen molar-refractivity contribution in [3.8, 4) is 0 Å². The topological polar surface area (TPSA) is 62.2 Å². The third kappa shape index (κ3) is 9.88. The Morgan fingerprint density at radius 1 is 0.969 bits per heavy atom. The van der Waals surface area contributed by atoms with Crippen LogP contribution in [0.2, 0.25) is 0 Å². The van der Waals surface area contributed by atoms with Crippen molar-refractivity contribution >= 4 is 6.09 Å². The minimum atomic E-state index is -0.207. The van der Waals surface area contributed by atoms with Gasteiger partial charge in [-0.05, 0) is 64.1 Å². The third-order valence-corrected chi connectivity index (χ3v) is 6.45. The number of unbranched alkanes of at least 4 members (excludes halogenated alkanes) is 3. The van der Waals surface area contributed by atoms with Crippen LogP contribution in [0, 0.1) is 0 Å². The molecule has 1 aromatic carbocycles. The van der Waals surface area contributed by atoms with E-state index in [0.29, 0.717) is 19.3 Å². The summed E-state index contributed by atoms with van der Waals surface area (Å²) in [5.74, 6) is 0. The van der Waals surface area contributed by atoms with Crippen LogP contribution in [-0.4, -0.2) is 72.5 Å². The zero-order valence-electron chi connectivity index (χ0n) is 20.2. The van der Waals surface area contributed by atoms with Crippen LogP contribution in [-0.2, 0) is 16.1 Å². The predicted octanol–water partition coefficient (Wildman–Crippen LogP) is 4.85. The van der Waals surface area contributed by atoms with Crippen LogP contribution in [0.4, 0.5) is 4.79 Å². The Labute approximate surface area is 194 Å². The van der Waals surface area contributed by atoms with Crippen LogP contribution < -0.4 is 0 Å². The Hall–Kier alpha value is -1.63. The van der Waals surface area contributed by atoms with Crippen molar-refractivity contribution in [2.45, 2.75) is 84.0 Å². The highest BCUT2D eigenvalue weighted by atomic mass is 16.6. The third-order valence-electron chi connectivity index (χ3n) is 6.45. The molecule has 32 heavy (non-hydrogen) atoms. The van der Waals surface area contributed by atoms with Crippen LogP contribution in [0.3, 0.4) is 0 Å². The summed E-state index contributed by atoms with van der Waals surface area (Å²) in [5.41, 5.74) is 1.02. The Morgan fingerprint density at radius 3 is 2.34 bits per heavy atom. The number of aliphatic hydroxyl groups excluding tert-OH is 1. The normalized spacial score (nSPS) is 18.6. The quantitative estimate of drug-likeness (QED) is 0.389. The highest BCUT2D eigenvalue weighted by Gasteiger charge is 2.29. The molecule has 1 amide bonds. The maximum absolute atomic E-state index is 12.6. The van der Waals surface area contributed by atoms with Gasteiger partial charge in [0.05, 0.1) is 12.7 Å². The number of amides is 1. The lowest BCUT2D eigenvalue weighted by molar-refractivity contribution is 0.00401. The van der Waals surface area contributed by atoms with E-state index in [1.165, 1.54) is 19.3 Å². The first kappa shape index (κ1) is 26.6. The molecule has 2 rings (SSSR count). The van der Waals surface area contributed by atoms with E-state index in [2.05, 4.69) is 11.8 Å². The smallest absolute Gasteiger partial charge is 0.410 e. The van der Waals surface area contributed by atoms with Gasteiger partial charge < -0.3 is 24.4 Å². The molecular weight excluding hydrogens is 404 g/mol. The monoisotopic (exact) mass is 448 g/mol. The molecule has 0 heterocycles. The lowest BCUT2D eigenvalue weighted by Gasteiger charge is -2.35. The van der Waals surface area contributed by atoms with Gasteiger partial charge in [-0.1, -0.05) is 50.1 Å². The summed E-state index contributed by atoms with van der Waals surface area (Å²) >= 11 is 0. The molecule has 0 unspecified atom stereocenters. The van der Waals surface area contributed by atoms with Gasteiger partial charge >= 0.3 is 6.09 Å². The Bertz CT molecular complexity index is 605. The van der Waals surface area contributed by atoms with E-state index in [-0.39, 0.29) is 18.7 Å². The van der Waals surface area contributed by atoms with Crippen LogP contribution in [0.1, 0.15) is 70.8 Å². The fourth-order valence-electron chi connectivity index (χ4n) is 4.47. The van der Waals surface area contributed by atoms with Crippen molar-refractivity contribution in [3.05, 3.63) is 35.9 Å². The molecule has 1 aromatic rings. The van der Waals surface area contributed by atoms with Crippen molar-refractivity contribution < 1.29 is 19.4 Å². The molecule has 6 nitrogen and oxygen atoms in total. The van der Waals surface area contributed by atoms with Crippen molar-refractivity contribution in [2.24, 2.45) is 0 Å². The van der Waals surface area contributed by atoms with Gasteiger partial charge in [-0.15, -0.1) is 0 Å². The van der Waals surface area contributed by atoms with E-state index in [9.17, 15) is 4.79 Å². The maximum atomic E-state index is 12.6.